The quantitative estimate of drug-likeness (QED) is 0.786. The van der Waals surface area contributed by atoms with E-state index >= 15 is 0 Å². The van der Waals surface area contributed by atoms with Crippen LogP contribution in [-0.2, 0) is 4.79 Å². The van der Waals surface area contributed by atoms with Crippen LogP contribution in [0.5, 0.6) is 11.5 Å². The van der Waals surface area contributed by atoms with Crippen LogP contribution in [0.25, 0.3) is 0 Å². The number of carbonyl (C=O) groups excluding carboxylic acids is 1. The summed E-state index contributed by atoms with van der Waals surface area (Å²) in [5, 5.41) is 3.33. The van der Waals surface area contributed by atoms with Crippen molar-refractivity contribution in [1.82, 2.24) is 4.90 Å². The number of rotatable bonds is 6. The number of nitrogens with one attached hydrogen (secondary N) is 1. The monoisotopic (exact) mass is 354 g/mol. The van der Waals surface area contributed by atoms with Gasteiger partial charge in [-0.2, -0.15) is 0 Å². The summed E-state index contributed by atoms with van der Waals surface area (Å²) in [6.07, 6.45) is 7.44. The van der Waals surface area contributed by atoms with Gasteiger partial charge in [0.15, 0.2) is 0 Å². The van der Waals surface area contributed by atoms with Gasteiger partial charge in [0.05, 0.1) is 31.5 Å². The molecule has 0 saturated heterocycles. The number of benzene rings is 1. The van der Waals surface area contributed by atoms with Crippen LogP contribution < -0.4 is 14.8 Å². The minimum atomic E-state index is -0.0683. The highest BCUT2D eigenvalue weighted by atomic mass is 35.5. The van der Waals surface area contributed by atoms with E-state index in [9.17, 15) is 4.79 Å². The molecule has 1 aliphatic carbocycles. The van der Waals surface area contributed by atoms with E-state index in [0.29, 0.717) is 34.8 Å². The molecule has 1 amide bonds. The Kier molecular flexibility index (Phi) is 7.18. The number of methoxy groups -OCH3 is 2. The van der Waals surface area contributed by atoms with Gasteiger partial charge in [-0.15, -0.1) is 0 Å². The highest BCUT2D eigenvalue weighted by molar-refractivity contribution is 6.32. The Morgan fingerprint density at radius 3 is 2.38 bits per heavy atom. The molecular formula is C18H27ClN2O3. The molecule has 134 valence electrons. The number of amides is 1. The molecule has 0 atom stereocenters. The fraction of sp³-hybridized carbons (Fsp3) is 0.611. The fourth-order valence-corrected chi connectivity index (χ4v) is 3.44. The molecule has 0 radical (unpaired) electrons. The summed E-state index contributed by atoms with van der Waals surface area (Å²) in [5.74, 6) is 0.977. The van der Waals surface area contributed by atoms with Crippen molar-refractivity contribution in [2.45, 2.75) is 44.6 Å². The third kappa shape index (κ3) is 5.02. The van der Waals surface area contributed by atoms with Crippen molar-refractivity contribution >= 4 is 23.2 Å². The van der Waals surface area contributed by atoms with Gasteiger partial charge in [-0.25, -0.2) is 0 Å². The lowest BCUT2D eigenvalue weighted by Gasteiger charge is -2.26. The lowest BCUT2D eigenvalue weighted by molar-refractivity contribution is -0.117. The number of halogens is 1. The predicted octanol–water partition coefficient (Wildman–Crippen LogP) is 3.95. The van der Waals surface area contributed by atoms with Gasteiger partial charge in [0.2, 0.25) is 5.91 Å². The maximum atomic E-state index is 12.4. The Labute approximate surface area is 149 Å². The molecule has 1 aliphatic rings. The molecule has 1 fully saturated rings. The number of likely N-dealkylation sites (N-methyl/N-ethyl adjacent to an activating group) is 1. The normalized spacial score (nSPS) is 15.9. The Morgan fingerprint density at radius 2 is 1.79 bits per heavy atom. The summed E-state index contributed by atoms with van der Waals surface area (Å²) in [6.45, 7) is 0.359. The van der Waals surface area contributed by atoms with E-state index < -0.39 is 0 Å². The lowest BCUT2D eigenvalue weighted by atomic mass is 10.1. The first-order valence-electron chi connectivity index (χ1n) is 8.46. The molecule has 0 spiro atoms. The predicted molar refractivity (Wildman–Crippen MR) is 97.3 cm³/mol. The molecular weight excluding hydrogens is 328 g/mol. The highest BCUT2D eigenvalue weighted by Crippen LogP contribution is 2.35. The largest absolute Gasteiger partial charge is 0.495 e. The molecule has 0 bridgehead atoms. The Balaban J connectivity index is 1.99. The van der Waals surface area contributed by atoms with Gasteiger partial charge in [-0.05, 0) is 26.0 Å². The molecule has 0 unspecified atom stereocenters. The van der Waals surface area contributed by atoms with Crippen molar-refractivity contribution in [1.29, 1.82) is 0 Å². The summed E-state index contributed by atoms with van der Waals surface area (Å²) in [7, 11) is 5.12. The molecule has 1 N–H and O–H groups in total. The zero-order valence-electron chi connectivity index (χ0n) is 14.7. The van der Waals surface area contributed by atoms with Crippen LogP contribution in [0.1, 0.15) is 38.5 Å². The molecule has 24 heavy (non-hydrogen) atoms. The number of hydrogen-bond donors (Lipinski definition) is 1. The topological polar surface area (TPSA) is 50.8 Å². The third-order valence-corrected chi connectivity index (χ3v) is 4.88. The molecule has 1 saturated carbocycles. The first-order valence-corrected chi connectivity index (χ1v) is 8.84. The second kappa shape index (κ2) is 9.14. The molecule has 0 aromatic heterocycles. The lowest BCUT2D eigenvalue weighted by Crippen LogP contribution is -2.37. The number of hydrogen-bond acceptors (Lipinski definition) is 4. The number of nitrogens with zero attached hydrogens (tertiary/aromatic N) is 1. The molecule has 1 aromatic rings. The number of ether oxygens (including phenoxy) is 2. The van der Waals surface area contributed by atoms with Crippen molar-refractivity contribution < 1.29 is 14.3 Å². The molecule has 5 nitrogen and oxygen atoms in total. The van der Waals surface area contributed by atoms with Crippen LogP contribution in [0.3, 0.4) is 0 Å². The number of anilines is 1. The summed E-state index contributed by atoms with van der Waals surface area (Å²) >= 11 is 6.15. The van der Waals surface area contributed by atoms with Crippen LogP contribution in [0.15, 0.2) is 12.1 Å². The standard InChI is InChI=1S/C18H27ClN2O3/c1-21(13-8-6-4-5-7-9-13)12-18(22)20-15-10-14(19)16(23-2)11-17(15)24-3/h10-11,13H,4-9,12H2,1-3H3,(H,20,22). The van der Waals surface area contributed by atoms with Crippen LogP contribution in [0, 0.1) is 0 Å². The van der Waals surface area contributed by atoms with Crippen LogP contribution >= 0.6 is 11.6 Å². The molecule has 6 heteroatoms. The third-order valence-electron chi connectivity index (χ3n) is 4.59. The highest BCUT2D eigenvalue weighted by Gasteiger charge is 2.20. The first-order chi connectivity index (χ1) is 11.5. The average Bonchev–Trinajstić information content (AvgIpc) is 2.84. The van der Waals surface area contributed by atoms with Gasteiger partial charge in [-0.3, -0.25) is 9.69 Å². The van der Waals surface area contributed by atoms with Crippen molar-refractivity contribution in [3.05, 3.63) is 17.2 Å². The SMILES string of the molecule is COc1cc(OC)c(NC(=O)CN(C)C2CCCCCC2)cc1Cl. The van der Waals surface area contributed by atoms with Crippen LogP contribution in [0.4, 0.5) is 5.69 Å². The summed E-state index contributed by atoms with van der Waals surface area (Å²) < 4.78 is 10.5. The van der Waals surface area contributed by atoms with E-state index in [2.05, 4.69) is 10.2 Å². The Bertz CT molecular complexity index is 557. The average molecular weight is 355 g/mol. The van der Waals surface area contributed by atoms with E-state index in [-0.39, 0.29) is 5.91 Å². The van der Waals surface area contributed by atoms with Crippen LogP contribution in [-0.4, -0.2) is 44.7 Å². The van der Waals surface area contributed by atoms with Gasteiger partial charge in [0.25, 0.3) is 0 Å². The fourth-order valence-electron chi connectivity index (χ4n) is 3.20. The maximum absolute atomic E-state index is 12.4. The Hall–Kier alpha value is -1.46. The summed E-state index contributed by atoms with van der Waals surface area (Å²) in [4.78, 5) is 14.6. The zero-order chi connectivity index (χ0) is 17.5. The van der Waals surface area contributed by atoms with E-state index in [1.54, 1.807) is 26.4 Å². The van der Waals surface area contributed by atoms with Gasteiger partial charge in [0.1, 0.15) is 11.5 Å². The smallest absolute Gasteiger partial charge is 0.238 e. The van der Waals surface area contributed by atoms with E-state index in [4.69, 9.17) is 21.1 Å². The van der Waals surface area contributed by atoms with Gasteiger partial charge >= 0.3 is 0 Å². The van der Waals surface area contributed by atoms with E-state index in [0.717, 1.165) is 0 Å². The van der Waals surface area contributed by atoms with Gasteiger partial charge in [-0.1, -0.05) is 37.3 Å². The number of carbonyl (C=O) groups is 1. The van der Waals surface area contributed by atoms with Crippen molar-refractivity contribution in [2.75, 3.05) is 33.1 Å². The minimum absolute atomic E-state index is 0.0683. The summed E-state index contributed by atoms with van der Waals surface area (Å²) in [6, 6.07) is 3.81. The zero-order valence-corrected chi connectivity index (χ0v) is 15.5. The van der Waals surface area contributed by atoms with E-state index in [1.165, 1.54) is 38.5 Å². The Morgan fingerprint density at radius 1 is 1.17 bits per heavy atom. The maximum Gasteiger partial charge on any atom is 0.238 e. The van der Waals surface area contributed by atoms with Gasteiger partial charge < -0.3 is 14.8 Å². The second-order valence-electron chi connectivity index (χ2n) is 6.30. The van der Waals surface area contributed by atoms with E-state index in [1.807, 2.05) is 7.05 Å². The first kappa shape index (κ1) is 18.9. The summed E-state index contributed by atoms with van der Waals surface area (Å²) in [5.41, 5.74) is 0.558. The van der Waals surface area contributed by atoms with Crippen molar-refractivity contribution in [3.63, 3.8) is 0 Å². The molecule has 0 heterocycles. The second-order valence-corrected chi connectivity index (χ2v) is 6.70. The molecule has 2 rings (SSSR count). The van der Waals surface area contributed by atoms with Crippen LogP contribution in [0.2, 0.25) is 5.02 Å². The van der Waals surface area contributed by atoms with Crippen molar-refractivity contribution in [3.8, 4) is 11.5 Å². The molecule has 0 aliphatic heterocycles. The molecule has 1 aromatic carbocycles. The van der Waals surface area contributed by atoms with Gasteiger partial charge in [0, 0.05) is 12.1 Å². The minimum Gasteiger partial charge on any atom is -0.495 e. The van der Waals surface area contributed by atoms with Crippen molar-refractivity contribution in [2.24, 2.45) is 0 Å².